The van der Waals surface area contributed by atoms with Crippen molar-refractivity contribution < 1.29 is 4.79 Å². The second-order valence-corrected chi connectivity index (χ2v) is 6.29. The number of carbonyl (C=O) groups excluding carboxylic acids is 1. The molecular weight excluding hydrogens is 347 g/mol. The number of fused-ring (bicyclic) bond motifs is 1. The number of benzene rings is 2. The van der Waals surface area contributed by atoms with Gasteiger partial charge in [0.15, 0.2) is 0 Å². The van der Waals surface area contributed by atoms with E-state index in [1.807, 2.05) is 25.1 Å². The van der Waals surface area contributed by atoms with Crippen LogP contribution in [-0.4, -0.2) is 10.9 Å². The quantitative estimate of drug-likeness (QED) is 0.739. The summed E-state index contributed by atoms with van der Waals surface area (Å²) in [6.45, 7) is 2.06. The molecule has 2 N–H and O–H groups in total. The largest absolute Gasteiger partial charge is 0.348 e. The van der Waals surface area contributed by atoms with Gasteiger partial charge >= 0.3 is 0 Å². The summed E-state index contributed by atoms with van der Waals surface area (Å²) < 4.78 is 0. The van der Waals surface area contributed by atoms with Crippen molar-refractivity contribution in [3.8, 4) is 0 Å². The van der Waals surface area contributed by atoms with E-state index in [1.165, 1.54) is 6.07 Å². The fourth-order valence-electron chi connectivity index (χ4n) is 2.47. The van der Waals surface area contributed by atoms with E-state index in [0.29, 0.717) is 21.2 Å². The first-order chi connectivity index (χ1) is 11.5. The van der Waals surface area contributed by atoms with Gasteiger partial charge in [0.25, 0.3) is 11.5 Å². The number of amides is 1. The molecule has 3 rings (SSSR count). The zero-order valence-electron chi connectivity index (χ0n) is 12.8. The van der Waals surface area contributed by atoms with Crippen molar-refractivity contribution in [1.29, 1.82) is 0 Å². The highest BCUT2D eigenvalue weighted by molar-refractivity contribution is 6.42. The molecule has 0 aliphatic heterocycles. The van der Waals surface area contributed by atoms with Crippen LogP contribution in [0.2, 0.25) is 10.0 Å². The summed E-state index contributed by atoms with van der Waals surface area (Å²) in [6, 6.07) is 12.2. The molecule has 0 aliphatic rings. The molecule has 0 unspecified atom stereocenters. The van der Waals surface area contributed by atoms with Crippen molar-refractivity contribution in [3.63, 3.8) is 0 Å². The first kappa shape index (κ1) is 16.6. The summed E-state index contributed by atoms with van der Waals surface area (Å²) in [5.41, 5.74) is 2.46. The molecule has 6 heteroatoms. The average Bonchev–Trinajstić information content (AvgIpc) is 2.56. The fourth-order valence-corrected chi connectivity index (χ4v) is 2.77. The van der Waals surface area contributed by atoms with E-state index in [-0.39, 0.29) is 18.0 Å². The number of para-hydroxylation sites is 1. The molecule has 4 nitrogen and oxygen atoms in total. The Hall–Kier alpha value is -2.30. The van der Waals surface area contributed by atoms with Gasteiger partial charge in [0.05, 0.1) is 15.6 Å². The van der Waals surface area contributed by atoms with E-state index in [0.717, 1.165) is 16.5 Å². The molecule has 2 aromatic carbocycles. The van der Waals surface area contributed by atoms with Gasteiger partial charge in [-0.1, -0.05) is 41.4 Å². The van der Waals surface area contributed by atoms with Gasteiger partial charge in [-0.15, -0.1) is 0 Å². The lowest BCUT2D eigenvalue weighted by Gasteiger charge is -2.08. The maximum atomic E-state index is 12.2. The SMILES string of the molecule is Cc1cccc2cc(CNC(=O)c3ccc(Cl)c(Cl)c3)c(=O)[nH]c12. The third-order valence-electron chi connectivity index (χ3n) is 3.79. The first-order valence-electron chi connectivity index (χ1n) is 7.30. The fraction of sp³-hybridized carbons (Fsp3) is 0.111. The minimum absolute atomic E-state index is 0.123. The van der Waals surface area contributed by atoms with Gasteiger partial charge in [0, 0.05) is 17.7 Å². The third-order valence-corrected chi connectivity index (χ3v) is 4.53. The Labute approximate surface area is 148 Å². The van der Waals surface area contributed by atoms with Crippen molar-refractivity contribution in [2.75, 3.05) is 0 Å². The molecule has 1 amide bonds. The number of aromatic amines is 1. The van der Waals surface area contributed by atoms with Crippen LogP contribution in [0.25, 0.3) is 10.9 Å². The van der Waals surface area contributed by atoms with Gasteiger partial charge in [-0.2, -0.15) is 0 Å². The van der Waals surface area contributed by atoms with Crippen LogP contribution in [0.3, 0.4) is 0 Å². The Balaban J connectivity index is 1.82. The molecule has 0 aliphatic carbocycles. The van der Waals surface area contributed by atoms with Crippen LogP contribution < -0.4 is 10.9 Å². The Bertz CT molecular complexity index is 996. The average molecular weight is 361 g/mol. The third kappa shape index (κ3) is 3.30. The molecule has 1 heterocycles. The van der Waals surface area contributed by atoms with Crippen LogP contribution in [0.1, 0.15) is 21.5 Å². The summed E-state index contributed by atoms with van der Waals surface area (Å²) >= 11 is 11.8. The number of hydrogen-bond donors (Lipinski definition) is 2. The predicted octanol–water partition coefficient (Wildman–Crippen LogP) is 4.07. The van der Waals surface area contributed by atoms with Crippen LogP contribution in [-0.2, 0) is 6.54 Å². The van der Waals surface area contributed by atoms with Crippen molar-refractivity contribution in [3.05, 3.63) is 79.6 Å². The minimum atomic E-state index is -0.322. The molecule has 0 atom stereocenters. The Morgan fingerprint density at radius 2 is 1.92 bits per heavy atom. The highest BCUT2D eigenvalue weighted by Crippen LogP contribution is 2.22. The number of aryl methyl sites for hydroxylation is 1. The molecule has 0 bridgehead atoms. The van der Waals surface area contributed by atoms with E-state index in [2.05, 4.69) is 10.3 Å². The van der Waals surface area contributed by atoms with Crippen LogP contribution in [0.5, 0.6) is 0 Å². The molecule has 3 aromatic rings. The zero-order chi connectivity index (χ0) is 17.3. The number of carbonyl (C=O) groups is 1. The van der Waals surface area contributed by atoms with Crippen molar-refractivity contribution in [2.45, 2.75) is 13.5 Å². The summed E-state index contributed by atoms with van der Waals surface area (Å²) in [5, 5.41) is 4.34. The van der Waals surface area contributed by atoms with E-state index >= 15 is 0 Å². The van der Waals surface area contributed by atoms with E-state index in [9.17, 15) is 9.59 Å². The van der Waals surface area contributed by atoms with Gasteiger partial charge in [0.1, 0.15) is 0 Å². The first-order valence-corrected chi connectivity index (χ1v) is 8.06. The highest BCUT2D eigenvalue weighted by atomic mass is 35.5. The van der Waals surface area contributed by atoms with Crippen LogP contribution in [0.15, 0.2) is 47.3 Å². The zero-order valence-corrected chi connectivity index (χ0v) is 14.3. The number of H-pyrrole nitrogens is 1. The molecular formula is C18H14Cl2N2O2. The van der Waals surface area contributed by atoms with Gasteiger partial charge in [0.2, 0.25) is 0 Å². The Kier molecular flexibility index (Phi) is 4.60. The maximum Gasteiger partial charge on any atom is 0.253 e. The van der Waals surface area contributed by atoms with Gasteiger partial charge < -0.3 is 10.3 Å². The second-order valence-electron chi connectivity index (χ2n) is 5.47. The molecule has 0 saturated heterocycles. The minimum Gasteiger partial charge on any atom is -0.348 e. The second kappa shape index (κ2) is 6.67. The van der Waals surface area contributed by atoms with Crippen LogP contribution >= 0.6 is 23.2 Å². The summed E-state index contributed by atoms with van der Waals surface area (Å²) in [6.07, 6.45) is 0. The van der Waals surface area contributed by atoms with Gasteiger partial charge in [-0.3, -0.25) is 9.59 Å². The Morgan fingerprint density at radius 1 is 1.12 bits per heavy atom. The lowest BCUT2D eigenvalue weighted by Crippen LogP contribution is -2.26. The molecule has 0 spiro atoms. The molecule has 122 valence electrons. The standard InChI is InChI=1S/C18H14Cl2N2O2/c1-10-3-2-4-11-7-13(18(24)22-16(10)11)9-21-17(23)12-5-6-14(19)15(20)8-12/h2-8H,9H2,1H3,(H,21,23)(H,22,24). The lowest BCUT2D eigenvalue weighted by molar-refractivity contribution is 0.0951. The van der Waals surface area contributed by atoms with Crippen molar-refractivity contribution in [1.82, 2.24) is 10.3 Å². The normalized spacial score (nSPS) is 10.8. The van der Waals surface area contributed by atoms with Crippen molar-refractivity contribution in [2.24, 2.45) is 0 Å². The highest BCUT2D eigenvalue weighted by Gasteiger charge is 2.10. The molecule has 24 heavy (non-hydrogen) atoms. The number of rotatable bonds is 3. The van der Waals surface area contributed by atoms with Gasteiger partial charge in [-0.25, -0.2) is 0 Å². The van der Waals surface area contributed by atoms with Gasteiger partial charge in [-0.05, 0) is 42.1 Å². The smallest absolute Gasteiger partial charge is 0.253 e. The predicted molar refractivity (Wildman–Crippen MR) is 96.9 cm³/mol. The van der Waals surface area contributed by atoms with E-state index in [4.69, 9.17) is 23.2 Å². The summed E-state index contributed by atoms with van der Waals surface area (Å²) in [4.78, 5) is 27.2. The van der Waals surface area contributed by atoms with E-state index < -0.39 is 0 Å². The van der Waals surface area contributed by atoms with Crippen LogP contribution in [0.4, 0.5) is 0 Å². The summed E-state index contributed by atoms with van der Waals surface area (Å²) in [5.74, 6) is -0.322. The monoisotopic (exact) mass is 360 g/mol. The van der Waals surface area contributed by atoms with Crippen LogP contribution in [0, 0.1) is 6.92 Å². The topological polar surface area (TPSA) is 62.0 Å². The molecule has 0 radical (unpaired) electrons. The number of halogens is 2. The molecule has 0 saturated carbocycles. The number of aromatic nitrogens is 1. The van der Waals surface area contributed by atoms with E-state index in [1.54, 1.807) is 18.2 Å². The molecule has 1 aromatic heterocycles. The lowest BCUT2D eigenvalue weighted by atomic mass is 10.1. The van der Waals surface area contributed by atoms with Crippen molar-refractivity contribution >= 4 is 40.0 Å². The maximum absolute atomic E-state index is 12.2. The summed E-state index contributed by atoms with van der Waals surface area (Å²) in [7, 11) is 0. The number of pyridine rings is 1. The number of hydrogen-bond acceptors (Lipinski definition) is 2. The Morgan fingerprint density at radius 3 is 2.67 bits per heavy atom. The molecule has 0 fully saturated rings. The number of nitrogens with one attached hydrogen (secondary N) is 2.